The molecule has 0 saturated heterocycles. The van der Waals surface area contributed by atoms with Gasteiger partial charge in [-0.1, -0.05) is 43.7 Å². The SMILES string of the molecule is CCC[C@@H](NC(=O)[C@H](C)OC(=O)c1ccc(NC)c([N+](=O)[O-])c1)c1ccccc1. The molecule has 154 valence electrons. The third kappa shape index (κ3) is 5.78. The van der Waals surface area contributed by atoms with Crippen molar-refractivity contribution in [3.8, 4) is 0 Å². The number of nitro groups is 1. The number of nitrogens with zero attached hydrogens (tertiary/aromatic N) is 1. The molecule has 0 bridgehead atoms. The van der Waals surface area contributed by atoms with Crippen LogP contribution < -0.4 is 10.6 Å². The molecule has 2 rings (SSSR count). The van der Waals surface area contributed by atoms with Crippen LogP contribution in [0.1, 0.15) is 48.7 Å². The molecule has 2 N–H and O–H groups in total. The summed E-state index contributed by atoms with van der Waals surface area (Å²) in [6.45, 7) is 3.49. The first kappa shape index (κ1) is 21.9. The average Bonchev–Trinajstić information content (AvgIpc) is 2.73. The van der Waals surface area contributed by atoms with E-state index >= 15 is 0 Å². The molecule has 2 atom stereocenters. The summed E-state index contributed by atoms with van der Waals surface area (Å²) in [6, 6.07) is 13.3. The molecule has 0 spiro atoms. The quantitative estimate of drug-likeness (QED) is 0.377. The number of hydrogen-bond donors (Lipinski definition) is 2. The van der Waals surface area contributed by atoms with E-state index in [1.807, 2.05) is 37.3 Å². The van der Waals surface area contributed by atoms with Crippen molar-refractivity contribution in [2.24, 2.45) is 0 Å². The highest BCUT2D eigenvalue weighted by Crippen LogP contribution is 2.25. The summed E-state index contributed by atoms with van der Waals surface area (Å²) in [5.41, 5.74) is 1.01. The van der Waals surface area contributed by atoms with Gasteiger partial charge in [0.1, 0.15) is 5.69 Å². The Kier molecular flexibility index (Phi) is 7.70. The third-order valence-electron chi connectivity index (χ3n) is 4.45. The number of ether oxygens (including phenoxy) is 1. The maximum absolute atomic E-state index is 12.5. The van der Waals surface area contributed by atoms with E-state index < -0.39 is 22.9 Å². The minimum atomic E-state index is -1.05. The van der Waals surface area contributed by atoms with Gasteiger partial charge in [-0.25, -0.2) is 4.79 Å². The molecule has 0 aromatic heterocycles. The number of esters is 1. The van der Waals surface area contributed by atoms with Gasteiger partial charge in [0.25, 0.3) is 11.6 Å². The lowest BCUT2D eigenvalue weighted by atomic mass is 10.0. The van der Waals surface area contributed by atoms with E-state index in [1.54, 1.807) is 7.05 Å². The number of amides is 1. The van der Waals surface area contributed by atoms with Crippen LogP contribution in [0.3, 0.4) is 0 Å². The van der Waals surface area contributed by atoms with Crippen molar-refractivity contribution in [3.05, 3.63) is 69.8 Å². The number of carbonyl (C=O) groups is 2. The van der Waals surface area contributed by atoms with Crippen LogP contribution in [-0.2, 0) is 9.53 Å². The summed E-state index contributed by atoms with van der Waals surface area (Å²) >= 11 is 0. The molecule has 0 aliphatic carbocycles. The summed E-state index contributed by atoms with van der Waals surface area (Å²) in [5, 5.41) is 16.8. The Labute approximate surface area is 169 Å². The van der Waals surface area contributed by atoms with Crippen LogP contribution >= 0.6 is 0 Å². The van der Waals surface area contributed by atoms with E-state index in [9.17, 15) is 19.7 Å². The smallest absolute Gasteiger partial charge is 0.339 e. The zero-order valence-corrected chi connectivity index (χ0v) is 16.7. The first-order chi connectivity index (χ1) is 13.9. The highest BCUT2D eigenvalue weighted by molar-refractivity contribution is 5.93. The number of carbonyl (C=O) groups excluding carboxylic acids is 2. The van der Waals surface area contributed by atoms with Gasteiger partial charge in [0.15, 0.2) is 6.10 Å². The van der Waals surface area contributed by atoms with E-state index in [1.165, 1.54) is 19.1 Å². The normalized spacial score (nSPS) is 12.5. The maximum atomic E-state index is 12.5. The van der Waals surface area contributed by atoms with Gasteiger partial charge in [-0.15, -0.1) is 0 Å². The van der Waals surface area contributed by atoms with E-state index in [2.05, 4.69) is 10.6 Å². The molecule has 0 radical (unpaired) electrons. The number of benzene rings is 2. The van der Waals surface area contributed by atoms with E-state index in [0.717, 1.165) is 24.5 Å². The molecular weight excluding hydrogens is 374 g/mol. The van der Waals surface area contributed by atoms with Gasteiger partial charge >= 0.3 is 5.97 Å². The summed E-state index contributed by atoms with van der Waals surface area (Å²) in [6.07, 6.45) is 0.567. The average molecular weight is 399 g/mol. The molecule has 8 heteroatoms. The summed E-state index contributed by atoms with van der Waals surface area (Å²) in [5.74, 6) is -1.23. The number of rotatable bonds is 9. The first-order valence-electron chi connectivity index (χ1n) is 9.39. The fraction of sp³-hybridized carbons (Fsp3) is 0.333. The van der Waals surface area contributed by atoms with Crippen molar-refractivity contribution in [3.63, 3.8) is 0 Å². The molecular formula is C21H25N3O5. The van der Waals surface area contributed by atoms with Crippen LogP contribution in [0.5, 0.6) is 0 Å². The van der Waals surface area contributed by atoms with Crippen molar-refractivity contribution < 1.29 is 19.2 Å². The second-order valence-corrected chi connectivity index (χ2v) is 6.55. The second kappa shape index (κ2) is 10.2. The highest BCUT2D eigenvalue weighted by Gasteiger charge is 2.24. The van der Waals surface area contributed by atoms with Crippen LogP contribution in [0.15, 0.2) is 48.5 Å². The first-order valence-corrected chi connectivity index (χ1v) is 9.39. The van der Waals surface area contributed by atoms with Gasteiger partial charge in [-0.05, 0) is 31.0 Å². The van der Waals surface area contributed by atoms with Crippen LogP contribution in [0.25, 0.3) is 0 Å². The summed E-state index contributed by atoms with van der Waals surface area (Å²) < 4.78 is 5.23. The van der Waals surface area contributed by atoms with Gasteiger partial charge in [0, 0.05) is 13.1 Å². The predicted molar refractivity (Wildman–Crippen MR) is 110 cm³/mol. The second-order valence-electron chi connectivity index (χ2n) is 6.55. The summed E-state index contributed by atoms with van der Waals surface area (Å²) in [7, 11) is 1.55. The zero-order chi connectivity index (χ0) is 21.4. The van der Waals surface area contributed by atoms with Crippen LogP contribution in [-0.4, -0.2) is 30.0 Å². The van der Waals surface area contributed by atoms with Crippen molar-refractivity contribution in [2.75, 3.05) is 12.4 Å². The van der Waals surface area contributed by atoms with Gasteiger partial charge in [0.05, 0.1) is 16.5 Å². The number of nitrogens with one attached hydrogen (secondary N) is 2. The Morgan fingerprint density at radius 2 is 1.86 bits per heavy atom. The molecule has 1 amide bonds. The van der Waals surface area contributed by atoms with Crippen LogP contribution in [0.4, 0.5) is 11.4 Å². The Hall–Kier alpha value is -3.42. The van der Waals surface area contributed by atoms with Gasteiger partial charge in [-0.3, -0.25) is 14.9 Å². The van der Waals surface area contributed by atoms with Gasteiger partial charge in [-0.2, -0.15) is 0 Å². The fourth-order valence-corrected chi connectivity index (χ4v) is 2.89. The fourth-order valence-electron chi connectivity index (χ4n) is 2.89. The lowest BCUT2D eigenvalue weighted by Crippen LogP contribution is -2.38. The predicted octanol–water partition coefficient (Wildman–Crippen LogP) is 3.84. The van der Waals surface area contributed by atoms with Gasteiger partial charge < -0.3 is 15.4 Å². The van der Waals surface area contributed by atoms with Crippen LogP contribution in [0, 0.1) is 10.1 Å². The standard InChI is InChI=1S/C21H25N3O5/c1-4-8-17(15-9-6-5-7-10-15)23-20(25)14(2)29-21(26)16-11-12-18(22-3)19(13-16)24(27)28/h5-7,9-14,17,22H,4,8H2,1-3H3,(H,23,25)/t14-,17+/m0/s1. The largest absolute Gasteiger partial charge is 0.449 e. The lowest BCUT2D eigenvalue weighted by Gasteiger charge is -2.21. The number of hydrogen-bond acceptors (Lipinski definition) is 6. The van der Waals surface area contributed by atoms with Crippen molar-refractivity contribution in [1.82, 2.24) is 5.32 Å². The highest BCUT2D eigenvalue weighted by atomic mass is 16.6. The minimum absolute atomic E-state index is 0.00326. The van der Waals surface area contributed by atoms with E-state index in [-0.39, 0.29) is 23.0 Å². The molecule has 0 aliphatic heterocycles. The molecule has 0 fully saturated rings. The third-order valence-corrected chi connectivity index (χ3v) is 4.45. The molecule has 0 saturated carbocycles. The lowest BCUT2D eigenvalue weighted by molar-refractivity contribution is -0.384. The zero-order valence-electron chi connectivity index (χ0n) is 16.7. The van der Waals surface area contributed by atoms with Crippen molar-refractivity contribution >= 4 is 23.3 Å². The molecule has 0 unspecified atom stereocenters. The van der Waals surface area contributed by atoms with Gasteiger partial charge in [0.2, 0.25) is 0 Å². The monoisotopic (exact) mass is 399 g/mol. The summed E-state index contributed by atoms with van der Waals surface area (Å²) in [4.78, 5) is 35.5. The molecule has 0 aliphatic rings. The van der Waals surface area contributed by atoms with Crippen molar-refractivity contribution in [1.29, 1.82) is 0 Å². The van der Waals surface area contributed by atoms with E-state index in [0.29, 0.717) is 0 Å². The topological polar surface area (TPSA) is 111 Å². The molecule has 0 heterocycles. The Morgan fingerprint density at radius 3 is 2.45 bits per heavy atom. The molecule has 2 aromatic rings. The Balaban J connectivity index is 2.07. The molecule has 2 aromatic carbocycles. The molecule has 29 heavy (non-hydrogen) atoms. The van der Waals surface area contributed by atoms with E-state index in [4.69, 9.17) is 4.74 Å². The number of nitro benzene ring substituents is 1. The Bertz CT molecular complexity index is 870. The maximum Gasteiger partial charge on any atom is 0.339 e. The van der Waals surface area contributed by atoms with Crippen LogP contribution in [0.2, 0.25) is 0 Å². The molecule has 8 nitrogen and oxygen atoms in total. The Morgan fingerprint density at radius 1 is 1.17 bits per heavy atom. The minimum Gasteiger partial charge on any atom is -0.449 e. The van der Waals surface area contributed by atoms with Crippen molar-refractivity contribution in [2.45, 2.75) is 38.8 Å². The number of anilines is 1.